The van der Waals surface area contributed by atoms with Crippen LogP contribution in [0.4, 0.5) is 24.8 Å². The van der Waals surface area contributed by atoms with E-state index in [1.165, 1.54) is 6.20 Å². The van der Waals surface area contributed by atoms with E-state index in [2.05, 4.69) is 10.3 Å². The average molecular weight is 255 g/mol. The summed E-state index contributed by atoms with van der Waals surface area (Å²) in [5.41, 5.74) is -0.277. The van der Waals surface area contributed by atoms with Gasteiger partial charge in [0.1, 0.15) is 5.82 Å². The highest BCUT2D eigenvalue weighted by atomic mass is 19.2. The number of rotatable bonds is 3. The van der Waals surface area contributed by atoms with Crippen LogP contribution in [-0.4, -0.2) is 9.55 Å². The van der Waals surface area contributed by atoms with Crippen molar-refractivity contribution in [1.82, 2.24) is 9.55 Å². The second-order valence-corrected chi connectivity index (χ2v) is 4.13. The van der Waals surface area contributed by atoms with Gasteiger partial charge in [0.25, 0.3) is 0 Å². The Morgan fingerprint density at radius 2 is 1.94 bits per heavy atom. The van der Waals surface area contributed by atoms with Crippen molar-refractivity contribution in [3.05, 3.63) is 42.0 Å². The molecule has 6 heteroatoms. The lowest BCUT2D eigenvalue weighted by molar-refractivity contribution is 0.498. The molecule has 1 aromatic carbocycles. The summed E-state index contributed by atoms with van der Waals surface area (Å²) in [5.74, 6) is -2.89. The quantitative estimate of drug-likeness (QED) is 0.849. The summed E-state index contributed by atoms with van der Waals surface area (Å²) in [6, 6.07) is 1.48. The lowest BCUT2D eigenvalue weighted by Gasteiger charge is -2.13. The summed E-state index contributed by atoms with van der Waals surface area (Å²) in [5, 5.41) is 2.58. The third kappa shape index (κ3) is 2.32. The molecule has 0 unspecified atom stereocenters. The Kier molecular flexibility index (Phi) is 3.27. The fraction of sp³-hybridized carbons (Fsp3) is 0.250. The Balaban J connectivity index is 2.37. The van der Waals surface area contributed by atoms with Gasteiger partial charge < -0.3 is 9.88 Å². The van der Waals surface area contributed by atoms with Gasteiger partial charge in [-0.3, -0.25) is 0 Å². The Labute approximate surface area is 102 Å². The normalized spacial score (nSPS) is 11.0. The number of nitrogens with one attached hydrogen (secondary N) is 1. The van der Waals surface area contributed by atoms with Crippen molar-refractivity contribution in [1.29, 1.82) is 0 Å². The summed E-state index contributed by atoms with van der Waals surface area (Å²) in [6.45, 7) is 3.82. The van der Waals surface area contributed by atoms with E-state index in [0.29, 0.717) is 12.0 Å². The molecule has 0 aliphatic rings. The average Bonchev–Trinajstić information content (AvgIpc) is 2.73. The number of benzene rings is 1. The van der Waals surface area contributed by atoms with Crippen LogP contribution in [-0.2, 0) is 0 Å². The number of aromatic nitrogens is 2. The lowest BCUT2D eigenvalue weighted by atomic mass is 10.3. The molecule has 0 aliphatic heterocycles. The minimum atomic E-state index is -1.24. The molecule has 96 valence electrons. The van der Waals surface area contributed by atoms with Crippen molar-refractivity contribution in [2.24, 2.45) is 0 Å². The van der Waals surface area contributed by atoms with Crippen molar-refractivity contribution in [3.63, 3.8) is 0 Å². The van der Waals surface area contributed by atoms with E-state index < -0.39 is 17.5 Å². The van der Waals surface area contributed by atoms with Crippen LogP contribution in [0.15, 0.2) is 24.5 Å². The first kappa shape index (κ1) is 12.5. The van der Waals surface area contributed by atoms with E-state index in [1.54, 1.807) is 10.8 Å². The van der Waals surface area contributed by atoms with Gasteiger partial charge in [0.15, 0.2) is 11.6 Å². The van der Waals surface area contributed by atoms with Crippen LogP contribution in [0.3, 0.4) is 0 Å². The van der Waals surface area contributed by atoms with Gasteiger partial charge >= 0.3 is 0 Å². The molecular weight excluding hydrogens is 243 g/mol. The zero-order valence-electron chi connectivity index (χ0n) is 9.92. The standard InChI is InChI=1S/C12H12F3N3/c1-7(2)18-4-3-16-12(18)17-10-6-8(13)5-9(14)11(10)15/h3-7H,1-2H3,(H,16,17). The number of hydrogen-bond donors (Lipinski definition) is 1. The van der Waals surface area contributed by atoms with Crippen LogP contribution in [0.5, 0.6) is 0 Å². The number of imidazole rings is 1. The van der Waals surface area contributed by atoms with Crippen molar-refractivity contribution in [2.45, 2.75) is 19.9 Å². The molecule has 0 aliphatic carbocycles. The zero-order valence-corrected chi connectivity index (χ0v) is 9.92. The van der Waals surface area contributed by atoms with Gasteiger partial charge in [0, 0.05) is 30.6 Å². The van der Waals surface area contributed by atoms with E-state index in [4.69, 9.17) is 0 Å². The molecule has 0 bridgehead atoms. The highest BCUT2D eigenvalue weighted by molar-refractivity contribution is 5.54. The third-order valence-corrected chi connectivity index (χ3v) is 2.46. The second kappa shape index (κ2) is 4.72. The van der Waals surface area contributed by atoms with Crippen LogP contribution in [0.1, 0.15) is 19.9 Å². The van der Waals surface area contributed by atoms with Gasteiger partial charge in [-0.2, -0.15) is 0 Å². The first-order valence-corrected chi connectivity index (χ1v) is 5.43. The summed E-state index contributed by atoms with van der Waals surface area (Å²) in [6.07, 6.45) is 3.22. The number of anilines is 2. The second-order valence-electron chi connectivity index (χ2n) is 4.13. The van der Waals surface area contributed by atoms with E-state index in [-0.39, 0.29) is 11.7 Å². The predicted octanol–water partition coefficient (Wildman–Crippen LogP) is 3.62. The Morgan fingerprint density at radius 3 is 2.61 bits per heavy atom. The third-order valence-electron chi connectivity index (χ3n) is 2.46. The van der Waals surface area contributed by atoms with Crippen molar-refractivity contribution >= 4 is 11.6 Å². The summed E-state index contributed by atoms with van der Waals surface area (Å²) >= 11 is 0. The summed E-state index contributed by atoms with van der Waals surface area (Å²) < 4.78 is 41.3. The molecule has 3 nitrogen and oxygen atoms in total. The zero-order chi connectivity index (χ0) is 13.3. The molecule has 0 saturated carbocycles. The van der Waals surface area contributed by atoms with Gasteiger partial charge in [-0.15, -0.1) is 0 Å². The molecular formula is C12H12F3N3. The van der Waals surface area contributed by atoms with Crippen LogP contribution in [0.25, 0.3) is 0 Å². The minimum Gasteiger partial charge on any atom is -0.323 e. The smallest absolute Gasteiger partial charge is 0.207 e. The number of hydrogen-bond acceptors (Lipinski definition) is 2. The van der Waals surface area contributed by atoms with E-state index in [0.717, 1.165) is 6.07 Å². The highest BCUT2D eigenvalue weighted by Crippen LogP contribution is 2.23. The molecule has 0 spiro atoms. The minimum absolute atomic E-state index is 0.0940. The highest BCUT2D eigenvalue weighted by Gasteiger charge is 2.13. The molecule has 1 aromatic heterocycles. The molecule has 0 radical (unpaired) electrons. The topological polar surface area (TPSA) is 29.9 Å². The molecule has 0 saturated heterocycles. The van der Waals surface area contributed by atoms with E-state index >= 15 is 0 Å². The first-order chi connectivity index (χ1) is 8.49. The molecule has 2 aromatic rings. The summed E-state index contributed by atoms with van der Waals surface area (Å²) in [7, 11) is 0. The molecule has 0 amide bonds. The monoisotopic (exact) mass is 255 g/mol. The van der Waals surface area contributed by atoms with Crippen LogP contribution in [0.2, 0.25) is 0 Å². The van der Waals surface area contributed by atoms with E-state index in [1.807, 2.05) is 13.8 Å². The predicted molar refractivity (Wildman–Crippen MR) is 62.2 cm³/mol. The van der Waals surface area contributed by atoms with Gasteiger partial charge in [-0.25, -0.2) is 18.2 Å². The van der Waals surface area contributed by atoms with Crippen LogP contribution in [0, 0.1) is 17.5 Å². The lowest BCUT2D eigenvalue weighted by Crippen LogP contribution is -2.07. The van der Waals surface area contributed by atoms with Crippen LogP contribution < -0.4 is 5.32 Å². The molecule has 0 atom stereocenters. The Hall–Kier alpha value is -1.98. The molecule has 1 heterocycles. The molecule has 2 rings (SSSR count). The Bertz CT molecular complexity index is 564. The van der Waals surface area contributed by atoms with Crippen LogP contribution >= 0.6 is 0 Å². The van der Waals surface area contributed by atoms with Crippen molar-refractivity contribution < 1.29 is 13.2 Å². The Morgan fingerprint density at radius 1 is 1.22 bits per heavy atom. The maximum absolute atomic E-state index is 13.5. The van der Waals surface area contributed by atoms with E-state index in [9.17, 15) is 13.2 Å². The van der Waals surface area contributed by atoms with Gasteiger partial charge in [-0.05, 0) is 13.8 Å². The first-order valence-electron chi connectivity index (χ1n) is 5.43. The SMILES string of the molecule is CC(C)n1ccnc1Nc1cc(F)cc(F)c1F. The van der Waals surface area contributed by atoms with Crippen molar-refractivity contribution in [2.75, 3.05) is 5.32 Å². The molecule has 18 heavy (non-hydrogen) atoms. The van der Waals surface area contributed by atoms with Gasteiger partial charge in [0.2, 0.25) is 5.95 Å². The molecule has 1 N–H and O–H groups in total. The number of halogens is 3. The van der Waals surface area contributed by atoms with Crippen molar-refractivity contribution in [3.8, 4) is 0 Å². The maximum atomic E-state index is 13.5. The largest absolute Gasteiger partial charge is 0.323 e. The van der Waals surface area contributed by atoms with Gasteiger partial charge in [-0.1, -0.05) is 0 Å². The molecule has 0 fully saturated rings. The fourth-order valence-corrected chi connectivity index (χ4v) is 1.59. The summed E-state index contributed by atoms with van der Waals surface area (Å²) in [4.78, 5) is 3.97. The maximum Gasteiger partial charge on any atom is 0.207 e. The number of nitrogens with zero attached hydrogens (tertiary/aromatic N) is 2. The van der Waals surface area contributed by atoms with Gasteiger partial charge in [0.05, 0.1) is 5.69 Å². The fourth-order valence-electron chi connectivity index (χ4n) is 1.59.